The van der Waals surface area contributed by atoms with Crippen LogP contribution in [0.1, 0.15) is 29.7 Å². The van der Waals surface area contributed by atoms with E-state index in [-0.39, 0.29) is 0 Å². The highest BCUT2D eigenvalue weighted by atomic mass is 15.2. The van der Waals surface area contributed by atoms with Crippen molar-refractivity contribution in [1.82, 2.24) is 10.3 Å². The maximum absolute atomic E-state index is 9.31. The Morgan fingerprint density at radius 3 is 2.94 bits per heavy atom. The lowest BCUT2D eigenvalue weighted by molar-refractivity contribution is 0.447. The van der Waals surface area contributed by atoms with Crippen LogP contribution in [0.4, 0.5) is 5.82 Å². The number of aryl methyl sites for hydroxylation is 2. The van der Waals surface area contributed by atoms with Gasteiger partial charge in [-0.05, 0) is 45.4 Å². The van der Waals surface area contributed by atoms with Crippen molar-refractivity contribution in [3.8, 4) is 6.07 Å². The van der Waals surface area contributed by atoms with E-state index >= 15 is 0 Å². The van der Waals surface area contributed by atoms with Crippen LogP contribution in [-0.4, -0.2) is 31.2 Å². The molecule has 0 aliphatic carbocycles. The number of likely N-dealkylation sites (N-methyl/N-ethyl adjacent to an activating group) is 1. The van der Waals surface area contributed by atoms with Gasteiger partial charge in [-0.15, -0.1) is 0 Å². The lowest BCUT2D eigenvalue weighted by atomic mass is 10.0. The van der Waals surface area contributed by atoms with Crippen molar-refractivity contribution < 1.29 is 0 Å². The molecule has 4 nitrogen and oxygen atoms in total. The van der Waals surface area contributed by atoms with Crippen molar-refractivity contribution >= 4 is 5.82 Å². The second-order valence-electron chi connectivity index (χ2n) is 4.96. The number of piperidine rings is 1. The molecule has 1 aromatic heterocycles. The number of hydrogen-bond donors (Lipinski definition) is 1. The number of pyridine rings is 1. The molecule has 1 aliphatic rings. The van der Waals surface area contributed by atoms with Crippen LogP contribution in [0.15, 0.2) is 6.07 Å². The van der Waals surface area contributed by atoms with Gasteiger partial charge in [-0.25, -0.2) is 4.98 Å². The lowest BCUT2D eigenvalue weighted by Gasteiger charge is -2.34. The first-order valence-corrected chi connectivity index (χ1v) is 6.46. The average molecular weight is 244 g/mol. The van der Waals surface area contributed by atoms with Crippen molar-refractivity contribution in [3.63, 3.8) is 0 Å². The maximum Gasteiger partial charge on any atom is 0.147 e. The van der Waals surface area contributed by atoms with Gasteiger partial charge in [0.1, 0.15) is 11.9 Å². The topological polar surface area (TPSA) is 52.0 Å². The summed E-state index contributed by atoms with van der Waals surface area (Å²) in [7, 11) is 1.99. The highest BCUT2D eigenvalue weighted by Crippen LogP contribution is 2.24. The summed E-state index contributed by atoms with van der Waals surface area (Å²) in [4.78, 5) is 6.81. The van der Waals surface area contributed by atoms with Crippen molar-refractivity contribution in [2.45, 2.75) is 32.7 Å². The number of nitrogens with zero attached hydrogens (tertiary/aromatic N) is 3. The summed E-state index contributed by atoms with van der Waals surface area (Å²) in [5, 5.41) is 12.6. The number of hydrogen-bond acceptors (Lipinski definition) is 4. The highest BCUT2D eigenvalue weighted by Gasteiger charge is 2.22. The standard InChI is InChI=1S/C14H20N4/c1-10-7-11(2)17-14(13(10)8-15)18-6-4-5-12(9-18)16-3/h7,12,16H,4-6,9H2,1-3H3. The molecule has 0 spiro atoms. The van der Waals surface area contributed by atoms with E-state index < -0.39 is 0 Å². The van der Waals surface area contributed by atoms with Crippen LogP contribution < -0.4 is 10.2 Å². The van der Waals surface area contributed by atoms with Gasteiger partial charge in [-0.2, -0.15) is 5.26 Å². The summed E-state index contributed by atoms with van der Waals surface area (Å²) in [5.74, 6) is 0.856. The van der Waals surface area contributed by atoms with Crippen molar-refractivity contribution in [1.29, 1.82) is 5.26 Å². The van der Waals surface area contributed by atoms with Gasteiger partial charge >= 0.3 is 0 Å². The number of anilines is 1. The SMILES string of the molecule is CNC1CCCN(c2nc(C)cc(C)c2C#N)C1. The highest BCUT2D eigenvalue weighted by molar-refractivity contribution is 5.58. The quantitative estimate of drug-likeness (QED) is 0.861. The number of nitrogens with one attached hydrogen (secondary N) is 1. The molecule has 1 atom stereocenters. The summed E-state index contributed by atoms with van der Waals surface area (Å²) in [6, 6.07) is 4.76. The molecule has 0 bridgehead atoms. The molecule has 0 saturated carbocycles. The summed E-state index contributed by atoms with van der Waals surface area (Å²) < 4.78 is 0. The first-order chi connectivity index (χ1) is 8.65. The molecule has 0 amide bonds. The minimum atomic E-state index is 0.493. The predicted molar refractivity (Wildman–Crippen MR) is 72.7 cm³/mol. The van der Waals surface area contributed by atoms with Gasteiger partial charge in [-0.3, -0.25) is 0 Å². The zero-order valence-corrected chi connectivity index (χ0v) is 11.3. The first kappa shape index (κ1) is 12.8. The third kappa shape index (κ3) is 2.46. The van der Waals surface area contributed by atoms with Crippen LogP contribution in [0.3, 0.4) is 0 Å². The minimum Gasteiger partial charge on any atom is -0.354 e. The molecule has 1 aliphatic heterocycles. The smallest absolute Gasteiger partial charge is 0.147 e. The van der Waals surface area contributed by atoms with E-state index in [1.807, 2.05) is 27.0 Å². The third-order valence-electron chi connectivity index (χ3n) is 3.57. The van der Waals surface area contributed by atoms with Crippen molar-refractivity contribution in [2.75, 3.05) is 25.0 Å². The summed E-state index contributed by atoms with van der Waals surface area (Å²) in [5.41, 5.74) is 2.72. The minimum absolute atomic E-state index is 0.493. The Kier molecular flexibility index (Phi) is 3.83. The molecule has 96 valence electrons. The zero-order chi connectivity index (χ0) is 13.1. The van der Waals surface area contributed by atoms with Gasteiger partial charge < -0.3 is 10.2 Å². The van der Waals surface area contributed by atoms with Gasteiger partial charge in [0.25, 0.3) is 0 Å². The second-order valence-corrected chi connectivity index (χ2v) is 4.96. The van der Waals surface area contributed by atoms with Crippen LogP contribution in [0.25, 0.3) is 0 Å². The Labute approximate surface area is 109 Å². The van der Waals surface area contributed by atoms with Crippen LogP contribution in [0.2, 0.25) is 0 Å². The Morgan fingerprint density at radius 1 is 1.50 bits per heavy atom. The van der Waals surface area contributed by atoms with Gasteiger partial charge in [0.05, 0.1) is 5.56 Å². The van der Waals surface area contributed by atoms with E-state index in [0.717, 1.165) is 42.1 Å². The molecule has 1 N–H and O–H groups in total. The molecule has 1 aromatic rings. The molecular formula is C14H20N4. The lowest BCUT2D eigenvalue weighted by Crippen LogP contribution is -2.45. The Morgan fingerprint density at radius 2 is 2.28 bits per heavy atom. The van der Waals surface area contributed by atoms with Crippen LogP contribution in [0.5, 0.6) is 0 Å². The largest absolute Gasteiger partial charge is 0.354 e. The number of nitriles is 1. The molecule has 1 unspecified atom stereocenters. The van der Waals surface area contributed by atoms with E-state index in [9.17, 15) is 5.26 Å². The van der Waals surface area contributed by atoms with Crippen molar-refractivity contribution in [2.24, 2.45) is 0 Å². The van der Waals surface area contributed by atoms with E-state index in [1.165, 1.54) is 6.42 Å². The molecule has 2 heterocycles. The van der Waals surface area contributed by atoms with Crippen LogP contribution >= 0.6 is 0 Å². The summed E-state index contributed by atoms with van der Waals surface area (Å²) >= 11 is 0. The molecule has 1 fully saturated rings. The average Bonchev–Trinajstić information content (AvgIpc) is 2.38. The fourth-order valence-electron chi connectivity index (χ4n) is 2.59. The van der Waals surface area contributed by atoms with Crippen LogP contribution in [0, 0.1) is 25.2 Å². The first-order valence-electron chi connectivity index (χ1n) is 6.46. The Bertz CT molecular complexity index is 475. The fourth-order valence-corrected chi connectivity index (χ4v) is 2.59. The normalized spacial score (nSPS) is 19.7. The number of rotatable bonds is 2. The van der Waals surface area contributed by atoms with Gasteiger partial charge in [0.15, 0.2) is 0 Å². The molecule has 0 aromatic carbocycles. The predicted octanol–water partition coefficient (Wildman–Crippen LogP) is 1.76. The Hall–Kier alpha value is -1.60. The van der Waals surface area contributed by atoms with Gasteiger partial charge in [-0.1, -0.05) is 0 Å². The van der Waals surface area contributed by atoms with Gasteiger partial charge in [0, 0.05) is 24.8 Å². The summed E-state index contributed by atoms with van der Waals surface area (Å²) in [6.07, 6.45) is 2.34. The molecule has 2 rings (SSSR count). The second kappa shape index (κ2) is 5.36. The Balaban J connectivity index is 2.35. The van der Waals surface area contributed by atoms with Gasteiger partial charge in [0.2, 0.25) is 0 Å². The number of aromatic nitrogens is 1. The van der Waals surface area contributed by atoms with Crippen molar-refractivity contribution in [3.05, 3.63) is 22.9 Å². The third-order valence-corrected chi connectivity index (χ3v) is 3.57. The molecule has 18 heavy (non-hydrogen) atoms. The maximum atomic E-state index is 9.31. The van der Waals surface area contributed by atoms with Crippen LogP contribution in [-0.2, 0) is 0 Å². The van der Waals surface area contributed by atoms with E-state index in [2.05, 4.69) is 21.3 Å². The van der Waals surface area contributed by atoms with E-state index in [1.54, 1.807) is 0 Å². The van der Waals surface area contributed by atoms with E-state index in [4.69, 9.17) is 0 Å². The molecular weight excluding hydrogens is 224 g/mol. The fraction of sp³-hybridized carbons (Fsp3) is 0.571. The molecule has 1 saturated heterocycles. The zero-order valence-electron chi connectivity index (χ0n) is 11.3. The molecule has 4 heteroatoms. The van der Waals surface area contributed by atoms with E-state index in [0.29, 0.717) is 6.04 Å². The molecule has 0 radical (unpaired) electrons. The summed E-state index contributed by atoms with van der Waals surface area (Å²) in [6.45, 7) is 5.89. The monoisotopic (exact) mass is 244 g/mol.